The van der Waals surface area contributed by atoms with E-state index in [0.29, 0.717) is 31.8 Å². The fraction of sp³-hybridized carbons (Fsp3) is 0.350. The highest BCUT2D eigenvalue weighted by atomic mass is 31.2. The number of likely N-dealkylation sites (N-methyl/N-ethyl adjacent to an activating group) is 3. The van der Waals surface area contributed by atoms with Crippen molar-refractivity contribution in [1.29, 1.82) is 0 Å². The van der Waals surface area contributed by atoms with Crippen molar-refractivity contribution in [2.75, 3.05) is 94.9 Å². The summed E-state index contributed by atoms with van der Waals surface area (Å²) in [4.78, 5) is 104. The number of hydrogen-bond donors (Lipinski definition) is 5. The van der Waals surface area contributed by atoms with E-state index >= 15 is 0 Å². The van der Waals surface area contributed by atoms with Crippen LogP contribution in [0.2, 0.25) is 0 Å². The first-order valence-electron chi connectivity index (χ1n) is 47.6. The van der Waals surface area contributed by atoms with Crippen LogP contribution in [0.1, 0.15) is 69.2 Å². The number of aromatic nitrogens is 9. The quantitative estimate of drug-likeness (QED) is 0.00999. The highest BCUT2D eigenvalue weighted by Gasteiger charge is 2.73. The summed E-state index contributed by atoms with van der Waals surface area (Å²) in [6, 6.07) is 55.1. The molecular formula is C103H105N17O22P3+3. The first kappa shape index (κ1) is 97.2. The average Bonchev–Trinajstić information content (AvgIpc) is 1.55. The van der Waals surface area contributed by atoms with Crippen molar-refractivity contribution in [3.63, 3.8) is 0 Å². The van der Waals surface area contributed by atoms with Gasteiger partial charge in [0.15, 0.2) is 29.5 Å². The van der Waals surface area contributed by atoms with Crippen LogP contribution >= 0.6 is 23.7 Å². The summed E-state index contributed by atoms with van der Waals surface area (Å²) >= 11 is 0. The fourth-order valence-corrected chi connectivity index (χ4v) is 25.8. The number of fused-ring (bicyclic) bond motifs is 6. The van der Waals surface area contributed by atoms with Gasteiger partial charge in [0.1, 0.15) is 82.9 Å². The van der Waals surface area contributed by atoms with Crippen molar-refractivity contribution in [3.8, 4) is 5.69 Å². The number of carbonyl (C=O) groups is 6. The van der Waals surface area contributed by atoms with Crippen LogP contribution in [0.25, 0.3) is 124 Å². The molecule has 9 aliphatic rings. The number of nitrogens with zero attached hydrogens (tertiary/aromatic N) is 14. The van der Waals surface area contributed by atoms with Crippen LogP contribution < -0.4 is 16.0 Å². The number of hydrogen-bond acceptors (Lipinski definition) is 27. The van der Waals surface area contributed by atoms with E-state index in [0.717, 1.165) is 78.6 Å². The van der Waals surface area contributed by atoms with Crippen molar-refractivity contribution in [3.05, 3.63) is 241 Å². The molecule has 9 aliphatic heterocycles. The Morgan fingerprint density at radius 3 is 1.21 bits per heavy atom. The van der Waals surface area contributed by atoms with E-state index in [1.807, 2.05) is 25.1 Å². The minimum atomic E-state index is -3.97. The first-order valence-corrected chi connectivity index (χ1v) is 52.8. The lowest BCUT2D eigenvalue weighted by Crippen LogP contribution is -2.65. The molecule has 6 bridgehead atoms. The topological polar surface area (TPSA) is 424 Å². The minimum Gasteiger partial charge on any atom is -0.381 e. The number of benzene rings is 12. The SMILES string of the molecule is COC[C@]12CO[C@@H](C1OP(C)(=O)O)[C@H]([N+]1(C)C=C(c3cn(-c4ccc5ccc6cccc7ccc4c5c67)nn3)C(=O)NC1=O)O2.COC[C@]12CO[C@@H](C1OP(C)(=O)O)[C@H]([N+]1(C)C=C(c3cn(Cc4ccc5ccc6cccc7ccc4c5c67)nn3)C(=O)NC1=O)O2.[C-]#[N+]CCOP(OC1[C@@H]2OC[C@]1(CC)O[C@H]2[N+]1(C)C=C(c2cn(Cc3ccc4ccc5cccc6ccc3c4c56)nn2)C(=O)NC1=O)N(C(C)C)C(C)C. The molecule has 24 rings (SSSR count). The molecule has 0 spiro atoms. The van der Waals surface area contributed by atoms with Gasteiger partial charge in [0, 0.05) is 45.0 Å². The molecule has 39 nitrogen and oxygen atoms in total. The van der Waals surface area contributed by atoms with Gasteiger partial charge in [-0.05, 0) is 143 Å². The summed E-state index contributed by atoms with van der Waals surface area (Å²) < 4.78 is 103. The summed E-state index contributed by atoms with van der Waals surface area (Å²) in [7, 11) is -1.78. The van der Waals surface area contributed by atoms with Crippen LogP contribution in [0.5, 0.6) is 0 Å². The molecule has 18 atom stereocenters. The molecule has 746 valence electrons. The largest absolute Gasteiger partial charge is 0.430 e. The maximum Gasteiger partial charge on any atom is 0.430 e. The summed E-state index contributed by atoms with van der Waals surface area (Å²) in [6.45, 7) is 21.4. The summed E-state index contributed by atoms with van der Waals surface area (Å²) in [5.41, 5.74) is 0.885. The summed E-state index contributed by atoms with van der Waals surface area (Å²) in [6.07, 6.45) is 2.27. The Morgan fingerprint density at radius 1 is 0.483 bits per heavy atom. The normalized spacial score (nSPS) is 28.1. The highest BCUT2D eigenvalue weighted by Crippen LogP contribution is 2.58. The second-order valence-electron chi connectivity index (χ2n) is 39.6. The standard InChI is InChI=1S/C40H44N7O6P.C32H30N5O8P.C31H28N5O8P/c1-8-40-23-50-35(36(40)53-54(51-19-18-41-6)46(24(2)3)25(4)5)38(52-40)47(7)22-31(37(48)42-39(47)49)32-21-45(44-43-32)20-29-15-14-28-13-12-26-10-9-11-27-16-17-30(29)34(28)33(26)27;1-37(30-27-28(45-46(3,40)41)32(44-30,16-42-2)17-43-27)15-23(29(38)33-31(37)39)24-14-36(35-34-24)13-21-10-9-20-8-7-18-5-4-6-19-11-12-22(21)26(20)25(18)19;1-36(29-26-27(44-45(3,39)40)31(43-29,15-41-2)16-42-26)14-21(28(37)32-30(36)38)22-13-35(34-33-22)23-12-10-19-8-7-17-5-4-6-18-9-11-20(23)25(19)24(17)18/h9-17,21-22,24-25,35-36,38H,8,18-20,23H2,1-5,7H3;4-12,14-15,27-28,30H,13,16-17H2,1-3H3,(H-,33,38,39,40,41);4-14,26-27,29H,15-16H2,1-3H3,(H-,32,37,38,39,40)/p+3/t35-,36?,38+,40-,47?,54?;27-,28?,30+,32-,37?;26-,27?,29+,31-,36?/m000/s1. The second kappa shape index (κ2) is 36.5. The number of urea groups is 3. The first-order chi connectivity index (χ1) is 69.5. The molecule has 0 aliphatic carbocycles. The van der Waals surface area contributed by atoms with Crippen LogP contribution in [-0.2, 0) is 92.6 Å². The van der Waals surface area contributed by atoms with Crippen LogP contribution in [0.15, 0.2) is 201 Å². The highest BCUT2D eigenvalue weighted by molar-refractivity contribution is 7.52. The van der Waals surface area contributed by atoms with Crippen molar-refractivity contribution in [2.45, 2.75) is 138 Å². The molecule has 9 unspecified atom stereocenters. The third-order valence-corrected chi connectivity index (χ3v) is 32.7. The van der Waals surface area contributed by atoms with Crippen molar-refractivity contribution in [1.82, 2.24) is 65.6 Å². The number of amides is 9. The van der Waals surface area contributed by atoms with E-state index in [9.17, 15) is 47.7 Å². The Morgan fingerprint density at radius 2 is 0.828 bits per heavy atom. The second-order valence-corrected chi connectivity index (χ2v) is 44.6. The Hall–Kier alpha value is -12.5. The maximum atomic E-state index is 13.8. The van der Waals surface area contributed by atoms with Gasteiger partial charge in [-0.2, -0.15) is 13.4 Å². The van der Waals surface area contributed by atoms with Gasteiger partial charge < -0.3 is 61.6 Å². The van der Waals surface area contributed by atoms with Crippen molar-refractivity contribution >= 4 is 173 Å². The predicted molar refractivity (Wildman–Crippen MR) is 535 cm³/mol. The smallest absolute Gasteiger partial charge is 0.381 e. The minimum absolute atomic E-state index is 0.000825. The van der Waals surface area contributed by atoms with Gasteiger partial charge in [0.05, 0.1) is 91.5 Å². The molecule has 0 saturated carbocycles. The maximum absolute atomic E-state index is 13.8. The lowest BCUT2D eigenvalue weighted by Gasteiger charge is -2.40. The number of ether oxygens (including phenoxy) is 8. The van der Waals surface area contributed by atoms with Crippen molar-refractivity contribution in [2.24, 2.45) is 0 Å². The molecule has 12 aromatic carbocycles. The van der Waals surface area contributed by atoms with E-state index in [-0.39, 0.29) is 79.8 Å². The van der Waals surface area contributed by atoms with Crippen molar-refractivity contribution < 1.29 is 117 Å². The molecule has 6 saturated heterocycles. The predicted octanol–water partition coefficient (Wildman–Crippen LogP) is 14.0. The number of methoxy groups -OCH3 is 2. The van der Waals surface area contributed by atoms with Gasteiger partial charge in [0.2, 0.25) is 25.2 Å². The third-order valence-electron chi connectivity index (χ3n) is 29.3. The molecule has 0 radical (unpaired) electrons. The molecule has 42 heteroatoms. The number of rotatable bonds is 28. The van der Waals surface area contributed by atoms with Gasteiger partial charge in [0.25, 0.3) is 26.2 Å². The number of imide groups is 3. The zero-order valence-electron chi connectivity index (χ0n) is 81.1. The number of quaternary nitrogens is 3. The van der Waals surface area contributed by atoms with Gasteiger partial charge in [-0.25, -0.2) is 55.6 Å². The van der Waals surface area contributed by atoms with E-state index < -0.39 is 145 Å². The summed E-state index contributed by atoms with van der Waals surface area (Å²) in [5.74, 6) is -1.84. The fourth-order valence-electron chi connectivity index (χ4n) is 22.5. The molecule has 145 heavy (non-hydrogen) atoms. The molecular weight excluding hydrogens is 1920 g/mol. The Balaban J connectivity index is 0.000000125. The van der Waals surface area contributed by atoms with Crippen LogP contribution in [-0.4, -0.2) is 288 Å². The number of carbonyl (C=O) groups excluding carboxylic acids is 6. The van der Waals surface area contributed by atoms with E-state index in [1.165, 1.54) is 75.1 Å². The molecule has 3 aromatic heterocycles. The van der Waals surface area contributed by atoms with Crippen LogP contribution in [0, 0.1) is 6.57 Å². The van der Waals surface area contributed by atoms with E-state index in [2.05, 4.69) is 230 Å². The van der Waals surface area contributed by atoms with E-state index in [1.54, 1.807) is 60.0 Å². The lowest BCUT2D eigenvalue weighted by atomic mass is 9.92. The molecule has 12 heterocycles. The van der Waals surface area contributed by atoms with Crippen LogP contribution in [0.3, 0.4) is 0 Å². The van der Waals surface area contributed by atoms with Gasteiger partial charge in [-0.1, -0.05) is 180 Å². The summed E-state index contributed by atoms with van der Waals surface area (Å²) in [5, 5.41) is 54.3. The number of nitrogens with one attached hydrogen (secondary N) is 3. The van der Waals surface area contributed by atoms with Crippen LogP contribution in [0.4, 0.5) is 14.4 Å². The lowest BCUT2D eigenvalue weighted by molar-refractivity contribution is -0.839. The molecule has 6 fully saturated rings. The molecule has 15 aromatic rings. The zero-order valence-corrected chi connectivity index (χ0v) is 83.8. The Labute approximate surface area is 830 Å². The van der Waals surface area contributed by atoms with Gasteiger partial charge >= 0.3 is 33.3 Å². The van der Waals surface area contributed by atoms with E-state index in [4.69, 9.17) is 62.6 Å². The van der Waals surface area contributed by atoms with Gasteiger partial charge in [-0.3, -0.25) is 32.6 Å². The van der Waals surface area contributed by atoms with Gasteiger partial charge in [-0.15, -0.1) is 15.3 Å². The molecule has 9 amide bonds. The Bertz CT molecular complexity index is 8000. The Kier molecular flexibility index (Phi) is 24.5. The zero-order chi connectivity index (χ0) is 101. The monoisotopic (exact) mass is 2020 g/mol. The average molecular weight is 2030 g/mol. The molecule has 5 N–H and O–H groups in total. The third kappa shape index (κ3) is 16.5.